The van der Waals surface area contributed by atoms with E-state index >= 15 is 0 Å². The fourth-order valence-electron chi connectivity index (χ4n) is 0.170. The molecule has 0 rings (SSSR count). The molecule has 0 atom stereocenters. The van der Waals surface area contributed by atoms with Crippen molar-refractivity contribution in [3.63, 3.8) is 0 Å². The molecular weight excluding hydrogens is 214 g/mol. The molecule has 12 heavy (non-hydrogen) atoms. The van der Waals surface area contributed by atoms with Crippen LogP contribution in [0.15, 0.2) is 0 Å². The summed E-state index contributed by atoms with van der Waals surface area (Å²) in [4.78, 5) is 33.0. The van der Waals surface area contributed by atoms with Crippen molar-refractivity contribution < 1.29 is 39.3 Å². The molecule has 0 unspecified atom stereocenters. The maximum atomic E-state index is 10.3. The molecule has 0 aromatic carbocycles. The van der Waals surface area contributed by atoms with Gasteiger partial charge in [-0.25, -0.2) is 0 Å². The van der Waals surface area contributed by atoms with Crippen molar-refractivity contribution in [3.05, 3.63) is 0 Å². The van der Waals surface area contributed by atoms with Gasteiger partial charge in [-0.1, -0.05) is 0 Å². The Labute approximate surface area is 67.5 Å². The van der Waals surface area contributed by atoms with Gasteiger partial charge in [0, 0.05) is 0 Å². The van der Waals surface area contributed by atoms with Crippen molar-refractivity contribution in [1.82, 2.24) is 0 Å². The molecule has 0 aliphatic heterocycles. The lowest BCUT2D eigenvalue weighted by molar-refractivity contribution is 0.146. The van der Waals surface area contributed by atoms with Crippen molar-refractivity contribution in [3.8, 4) is 0 Å². The summed E-state index contributed by atoms with van der Waals surface area (Å²) in [5.41, 5.74) is 0. The van der Waals surface area contributed by atoms with Crippen LogP contribution in [-0.2, 0) is 9.13 Å². The van der Waals surface area contributed by atoms with Crippen LogP contribution >= 0.6 is 15.2 Å². The van der Waals surface area contributed by atoms with E-state index in [9.17, 15) is 9.13 Å². The Hall–Kier alpha value is 0.220. The highest BCUT2D eigenvalue weighted by atomic mass is 31.2. The molecular formula is C2H10O8P2. The smallest absolute Gasteiger partial charge is 0.369 e. The van der Waals surface area contributed by atoms with E-state index < -0.39 is 20.3 Å². The molecule has 0 aliphatic rings. The molecule has 7 N–H and O–H groups in total. The quantitative estimate of drug-likeness (QED) is 0.344. The largest absolute Gasteiger partial charge is 0.412 e. The topological polar surface area (TPSA) is 167 Å². The fourth-order valence-corrected chi connectivity index (χ4v) is 1.53. The molecule has 0 aromatic heterocycles. The minimum atomic E-state index is -5.20. The molecule has 0 aromatic rings. The average molecular weight is 224 g/mol. The molecule has 0 bridgehead atoms. The summed E-state index contributed by atoms with van der Waals surface area (Å²) >= 11 is 0. The standard InChI is InChI=1S/C2H8O7P2.H2O/c1-2(3,10(4,5)6)11(7,8)9;/h3H,1H3,(H2,4,5,6)(H2,7,8,9);1H2. The second kappa shape index (κ2) is 3.53. The molecule has 0 heterocycles. The molecule has 0 fully saturated rings. The van der Waals surface area contributed by atoms with Crippen LogP contribution < -0.4 is 0 Å². The number of aliphatic hydroxyl groups is 1. The van der Waals surface area contributed by atoms with Crippen LogP contribution in [0.4, 0.5) is 0 Å². The van der Waals surface area contributed by atoms with Crippen LogP contribution in [0, 0.1) is 0 Å². The summed E-state index contributed by atoms with van der Waals surface area (Å²) < 4.78 is 20.5. The van der Waals surface area contributed by atoms with Crippen molar-refractivity contribution in [2.24, 2.45) is 0 Å². The van der Waals surface area contributed by atoms with Gasteiger partial charge in [-0.2, -0.15) is 0 Å². The number of rotatable bonds is 2. The summed E-state index contributed by atoms with van der Waals surface area (Å²) in [7, 11) is -10.4. The van der Waals surface area contributed by atoms with Crippen LogP contribution in [0.3, 0.4) is 0 Å². The van der Waals surface area contributed by atoms with Gasteiger partial charge in [0.15, 0.2) is 0 Å². The van der Waals surface area contributed by atoms with Gasteiger partial charge in [0.05, 0.1) is 0 Å². The van der Waals surface area contributed by atoms with Gasteiger partial charge in [-0.05, 0) is 6.92 Å². The highest BCUT2D eigenvalue weighted by molar-refractivity contribution is 7.71. The monoisotopic (exact) mass is 224 g/mol. The molecule has 8 nitrogen and oxygen atoms in total. The molecule has 10 heteroatoms. The first-order chi connectivity index (χ1) is 4.50. The maximum Gasteiger partial charge on any atom is 0.369 e. The molecule has 0 spiro atoms. The summed E-state index contributed by atoms with van der Waals surface area (Å²) in [5, 5.41) is 5.37. The van der Waals surface area contributed by atoms with Crippen LogP contribution in [0.2, 0.25) is 0 Å². The molecule has 0 saturated carbocycles. The third-order valence-electron chi connectivity index (χ3n) is 1.10. The molecule has 76 valence electrons. The fraction of sp³-hybridized carbons (Fsp3) is 1.00. The zero-order valence-corrected chi connectivity index (χ0v) is 7.74. The minimum absolute atomic E-state index is 0. The third-order valence-corrected chi connectivity index (χ3v) is 4.87. The summed E-state index contributed by atoms with van der Waals surface area (Å²) in [6.07, 6.45) is 0. The van der Waals surface area contributed by atoms with Crippen molar-refractivity contribution >= 4 is 15.2 Å². The predicted molar refractivity (Wildman–Crippen MR) is 38.3 cm³/mol. The highest BCUT2D eigenvalue weighted by Gasteiger charge is 2.55. The van der Waals surface area contributed by atoms with Crippen LogP contribution in [0.5, 0.6) is 0 Å². The molecule has 0 aliphatic carbocycles. The minimum Gasteiger partial charge on any atom is -0.412 e. The zero-order chi connectivity index (χ0) is 9.50. The normalized spacial score (nSPS) is 13.8. The van der Waals surface area contributed by atoms with E-state index in [-0.39, 0.29) is 5.48 Å². The van der Waals surface area contributed by atoms with Gasteiger partial charge < -0.3 is 30.2 Å². The lowest BCUT2D eigenvalue weighted by Gasteiger charge is -2.24. The van der Waals surface area contributed by atoms with Gasteiger partial charge in [0.2, 0.25) is 0 Å². The first-order valence-electron chi connectivity index (χ1n) is 2.34. The van der Waals surface area contributed by atoms with E-state index in [0.29, 0.717) is 6.92 Å². The number of hydrogen-bond donors (Lipinski definition) is 5. The third kappa shape index (κ3) is 2.62. The van der Waals surface area contributed by atoms with E-state index in [2.05, 4.69) is 0 Å². The van der Waals surface area contributed by atoms with Crippen LogP contribution in [0.25, 0.3) is 0 Å². The van der Waals surface area contributed by atoms with Crippen LogP contribution in [0.1, 0.15) is 6.92 Å². The Morgan fingerprint density at radius 1 is 1.00 bits per heavy atom. The van der Waals surface area contributed by atoms with Crippen molar-refractivity contribution in [2.45, 2.75) is 12.0 Å². The Morgan fingerprint density at radius 2 is 1.17 bits per heavy atom. The summed E-state index contributed by atoms with van der Waals surface area (Å²) in [6, 6.07) is 0. The Bertz CT molecular complexity index is 207. The van der Waals surface area contributed by atoms with E-state index in [0.717, 1.165) is 0 Å². The molecule has 0 saturated heterocycles. The first-order valence-corrected chi connectivity index (χ1v) is 5.56. The lowest BCUT2D eigenvalue weighted by Crippen LogP contribution is -2.23. The van der Waals surface area contributed by atoms with Crippen LogP contribution in [-0.4, -0.2) is 35.2 Å². The highest BCUT2D eigenvalue weighted by Crippen LogP contribution is 2.66. The second-order valence-corrected chi connectivity index (χ2v) is 6.33. The lowest BCUT2D eigenvalue weighted by atomic mass is 10.9. The van der Waals surface area contributed by atoms with E-state index in [1.807, 2.05) is 0 Å². The Kier molecular flexibility index (Phi) is 4.33. The number of hydrogen-bond acceptors (Lipinski definition) is 3. The Morgan fingerprint density at radius 3 is 1.17 bits per heavy atom. The zero-order valence-electron chi connectivity index (χ0n) is 5.95. The van der Waals surface area contributed by atoms with Crippen molar-refractivity contribution in [2.75, 3.05) is 0 Å². The Balaban J connectivity index is 0. The van der Waals surface area contributed by atoms with Crippen molar-refractivity contribution in [1.29, 1.82) is 0 Å². The molecule has 0 amide bonds. The first kappa shape index (κ1) is 14.7. The SMILES string of the molecule is CC(O)(P(=O)(O)O)P(=O)(O)O.O. The van der Waals surface area contributed by atoms with Gasteiger partial charge in [0.25, 0.3) is 5.08 Å². The molecule has 0 radical (unpaired) electrons. The van der Waals surface area contributed by atoms with Gasteiger partial charge in [-0.3, -0.25) is 9.13 Å². The van der Waals surface area contributed by atoms with Gasteiger partial charge >= 0.3 is 15.2 Å². The second-order valence-electron chi connectivity index (χ2n) is 2.06. The van der Waals surface area contributed by atoms with E-state index in [1.54, 1.807) is 0 Å². The predicted octanol–water partition coefficient (Wildman–Crippen LogP) is -1.82. The summed E-state index contributed by atoms with van der Waals surface area (Å²) in [5.74, 6) is 0. The van der Waals surface area contributed by atoms with E-state index in [1.165, 1.54) is 0 Å². The van der Waals surface area contributed by atoms with Gasteiger partial charge in [-0.15, -0.1) is 0 Å². The van der Waals surface area contributed by atoms with Gasteiger partial charge in [0.1, 0.15) is 0 Å². The average Bonchev–Trinajstić information content (AvgIpc) is 1.58. The van der Waals surface area contributed by atoms with E-state index in [4.69, 9.17) is 24.7 Å². The maximum absolute atomic E-state index is 10.3. The summed E-state index contributed by atoms with van der Waals surface area (Å²) in [6.45, 7) is 0.383.